The zero-order valence-corrected chi connectivity index (χ0v) is 11.0. The Morgan fingerprint density at radius 1 is 1.47 bits per heavy atom. The van der Waals surface area contributed by atoms with Gasteiger partial charge in [0.15, 0.2) is 0 Å². The van der Waals surface area contributed by atoms with Crippen molar-refractivity contribution in [2.75, 3.05) is 7.11 Å². The number of carbonyl (C=O) groups excluding carboxylic acids is 1. The van der Waals surface area contributed by atoms with E-state index in [1.807, 2.05) is 39.0 Å². The SMILES string of the molecule is COC(=O)C(C)(C)C(N)Cc1cccc(C)c1. The maximum atomic E-state index is 11.6. The van der Waals surface area contributed by atoms with Gasteiger partial charge < -0.3 is 10.5 Å². The highest BCUT2D eigenvalue weighted by Crippen LogP contribution is 2.23. The van der Waals surface area contributed by atoms with Crippen molar-refractivity contribution >= 4 is 5.97 Å². The fourth-order valence-electron chi connectivity index (χ4n) is 1.76. The molecule has 0 aliphatic carbocycles. The molecule has 1 rings (SSSR count). The summed E-state index contributed by atoms with van der Waals surface area (Å²) >= 11 is 0. The molecule has 2 N–H and O–H groups in total. The molecule has 0 amide bonds. The molecule has 1 unspecified atom stereocenters. The van der Waals surface area contributed by atoms with E-state index in [0.29, 0.717) is 6.42 Å². The summed E-state index contributed by atoms with van der Waals surface area (Å²) in [5, 5.41) is 0. The topological polar surface area (TPSA) is 52.3 Å². The number of esters is 1. The molecule has 0 heterocycles. The lowest BCUT2D eigenvalue weighted by Crippen LogP contribution is -2.45. The molecule has 0 fully saturated rings. The van der Waals surface area contributed by atoms with Crippen molar-refractivity contribution in [2.24, 2.45) is 11.1 Å². The first-order valence-electron chi connectivity index (χ1n) is 5.77. The number of nitrogens with two attached hydrogens (primary N) is 1. The molecular formula is C14H21NO2. The third kappa shape index (κ3) is 3.30. The largest absolute Gasteiger partial charge is 0.469 e. The maximum absolute atomic E-state index is 11.6. The maximum Gasteiger partial charge on any atom is 0.312 e. The van der Waals surface area contributed by atoms with Gasteiger partial charge in [0, 0.05) is 6.04 Å². The second-order valence-corrected chi connectivity index (χ2v) is 5.01. The Morgan fingerprint density at radius 3 is 2.65 bits per heavy atom. The normalized spacial score (nSPS) is 13.2. The second kappa shape index (κ2) is 5.32. The van der Waals surface area contributed by atoms with Gasteiger partial charge >= 0.3 is 5.97 Å². The Hall–Kier alpha value is -1.35. The van der Waals surface area contributed by atoms with Crippen molar-refractivity contribution in [3.63, 3.8) is 0 Å². The predicted octanol–water partition coefficient (Wildman–Crippen LogP) is 2.06. The van der Waals surface area contributed by atoms with Gasteiger partial charge in [-0.2, -0.15) is 0 Å². The van der Waals surface area contributed by atoms with Gasteiger partial charge in [-0.1, -0.05) is 29.8 Å². The van der Waals surface area contributed by atoms with Gasteiger partial charge in [0.05, 0.1) is 12.5 Å². The van der Waals surface area contributed by atoms with Crippen molar-refractivity contribution in [3.8, 4) is 0 Å². The first kappa shape index (κ1) is 13.7. The molecule has 1 atom stereocenters. The molecule has 0 spiro atoms. The number of carbonyl (C=O) groups is 1. The van der Waals surface area contributed by atoms with Gasteiger partial charge in [0.2, 0.25) is 0 Å². The summed E-state index contributed by atoms with van der Waals surface area (Å²) in [5.41, 5.74) is 7.79. The minimum absolute atomic E-state index is 0.253. The molecule has 1 aromatic carbocycles. The molecule has 3 nitrogen and oxygen atoms in total. The summed E-state index contributed by atoms with van der Waals surface area (Å²) in [6.45, 7) is 5.68. The second-order valence-electron chi connectivity index (χ2n) is 5.01. The number of ether oxygens (including phenoxy) is 1. The van der Waals surface area contributed by atoms with E-state index in [4.69, 9.17) is 10.5 Å². The van der Waals surface area contributed by atoms with Crippen molar-refractivity contribution < 1.29 is 9.53 Å². The van der Waals surface area contributed by atoms with Gasteiger partial charge in [-0.3, -0.25) is 4.79 Å². The predicted molar refractivity (Wildman–Crippen MR) is 68.7 cm³/mol. The fourth-order valence-corrected chi connectivity index (χ4v) is 1.76. The van der Waals surface area contributed by atoms with Crippen LogP contribution in [-0.4, -0.2) is 19.1 Å². The smallest absolute Gasteiger partial charge is 0.312 e. The monoisotopic (exact) mass is 235 g/mol. The number of rotatable bonds is 4. The summed E-state index contributed by atoms with van der Waals surface area (Å²) in [7, 11) is 1.39. The molecule has 0 saturated carbocycles. The Kier molecular flexibility index (Phi) is 4.29. The quantitative estimate of drug-likeness (QED) is 0.813. The number of benzene rings is 1. The first-order valence-corrected chi connectivity index (χ1v) is 5.77. The van der Waals surface area contributed by atoms with E-state index < -0.39 is 5.41 Å². The number of hydrogen-bond acceptors (Lipinski definition) is 3. The van der Waals surface area contributed by atoms with Crippen LogP contribution >= 0.6 is 0 Å². The van der Waals surface area contributed by atoms with Gasteiger partial charge in [-0.05, 0) is 32.8 Å². The van der Waals surface area contributed by atoms with E-state index in [2.05, 4.69) is 6.07 Å². The van der Waals surface area contributed by atoms with Gasteiger partial charge in [-0.25, -0.2) is 0 Å². The molecule has 0 aliphatic heterocycles. The fraction of sp³-hybridized carbons (Fsp3) is 0.500. The van der Waals surface area contributed by atoms with E-state index in [-0.39, 0.29) is 12.0 Å². The standard InChI is InChI=1S/C14H21NO2/c1-10-6-5-7-11(8-10)9-12(15)14(2,3)13(16)17-4/h5-8,12H,9,15H2,1-4H3. The molecule has 0 aliphatic rings. The third-order valence-corrected chi connectivity index (χ3v) is 3.18. The van der Waals surface area contributed by atoms with E-state index in [9.17, 15) is 4.79 Å². The molecule has 1 aromatic rings. The average Bonchev–Trinajstić information content (AvgIpc) is 2.27. The molecular weight excluding hydrogens is 214 g/mol. The molecule has 0 aromatic heterocycles. The summed E-state index contributed by atoms with van der Waals surface area (Å²) in [4.78, 5) is 11.6. The average molecular weight is 235 g/mol. The number of methoxy groups -OCH3 is 1. The Morgan fingerprint density at radius 2 is 2.12 bits per heavy atom. The first-order chi connectivity index (χ1) is 7.87. The number of hydrogen-bond donors (Lipinski definition) is 1. The Balaban J connectivity index is 2.78. The highest BCUT2D eigenvalue weighted by Gasteiger charge is 2.35. The van der Waals surface area contributed by atoms with Crippen LogP contribution in [0.25, 0.3) is 0 Å². The minimum Gasteiger partial charge on any atom is -0.469 e. The van der Waals surface area contributed by atoms with Crippen molar-refractivity contribution in [3.05, 3.63) is 35.4 Å². The minimum atomic E-state index is -0.668. The highest BCUT2D eigenvalue weighted by molar-refractivity contribution is 5.76. The van der Waals surface area contributed by atoms with E-state index >= 15 is 0 Å². The summed E-state index contributed by atoms with van der Waals surface area (Å²) in [6, 6.07) is 7.91. The van der Waals surface area contributed by atoms with Crippen LogP contribution in [0.3, 0.4) is 0 Å². The molecule has 0 bridgehead atoms. The molecule has 3 heteroatoms. The Bertz CT molecular complexity index is 399. The van der Waals surface area contributed by atoms with Gasteiger partial charge in [0.1, 0.15) is 0 Å². The third-order valence-electron chi connectivity index (χ3n) is 3.18. The zero-order chi connectivity index (χ0) is 13.1. The van der Waals surface area contributed by atoms with Crippen LogP contribution < -0.4 is 5.73 Å². The van der Waals surface area contributed by atoms with Gasteiger partial charge in [-0.15, -0.1) is 0 Å². The van der Waals surface area contributed by atoms with Crippen LogP contribution in [-0.2, 0) is 16.0 Å². The zero-order valence-electron chi connectivity index (χ0n) is 11.0. The molecule has 17 heavy (non-hydrogen) atoms. The van der Waals surface area contributed by atoms with Crippen LogP contribution in [0.4, 0.5) is 0 Å². The van der Waals surface area contributed by atoms with E-state index in [0.717, 1.165) is 5.56 Å². The van der Waals surface area contributed by atoms with Crippen molar-refractivity contribution in [1.29, 1.82) is 0 Å². The van der Waals surface area contributed by atoms with Crippen molar-refractivity contribution in [1.82, 2.24) is 0 Å². The van der Waals surface area contributed by atoms with Crippen LogP contribution in [0.5, 0.6) is 0 Å². The summed E-state index contributed by atoms with van der Waals surface area (Å²) in [6.07, 6.45) is 0.670. The van der Waals surface area contributed by atoms with E-state index in [1.54, 1.807) is 0 Å². The molecule has 0 saturated heterocycles. The molecule has 94 valence electrons. The lowest BCUT2D eigenvalue weighted by atomic mass is 9.81. The van der Waals surface area contributed by atoms with Crippen LogP contribution in [0.15, 0.2) is 24.3 Å². The van der Waals surface area contributed by atoms with Crippen LogP contribution in [0, 0.1) is 12.3 Å². The lowest BCUT2D eigenvalue weighted by Gasteiger charge is -2.28. The van der Waals surface area contributed by atoms with Crippen molar-refractivity contribution in [2.45, 2.75) is 33.2 Å². The summed E-state index contributed by atoms with van der Waals surface area (Å²) in [5.74, 6) is -0.266. The number of aryl methyl sites for hydroxylation is 1. The molecule has 0 radical (unpaired) electrons. The van der Waals surface area contributed by atoms with E-state index in [1.165, 1.54) is 12.7 Å². The highest BCUT2D eigenvalue weighted by atomic mass is 16.5. The Labute approximate surface area is 103 Å². The lowest BCUT2D eigenvalue weighted by molar-refractivity contribution is -0.151. The van der Waals surface area contributed by atoms with Crippen LogP contribution in [0.2, 0.25) is 0 Å². The van der Waals surface area contributed by atoms with Gasteiger partial charge in [0.25, 0.3) is 0 Å². The summed E-state index contributed by atoms with van der Waals surface area (Å²) < 4.78 is 4.78. The van der Waals surface area contributed by atoms with Crippen LogP contribution in [0.1, 0.15) is 25.0 Å².